The van der Waals surface area contributed by atoms with Crippen molar-refractivity contribution in [3.8, 4) is 0 Å². The van der Waals surface area contributed by atoms with Crippen LogP contribution in [0.4, 0.5) is 11.9 Å². The number of hydrogen-bond donors (Lipinski definition) is 2. The third-order valence-corrected chi connectivity index (χ3v) is 4.26. The molecule has 2 aromatic heterocycles. The molecule has 1 atom stereocenters. The molecule has 1 aliphatic heterocycles. The Hall–Kier alpha value is -2.96. The Bertz CT molecular complexity index is 813. The lowest BCUT2D eigenvalue weighted by Gasteiger charge is -2.31. The maximum Gasteiger partial charge on any atom is 0.231 e. The van der Waals surface area contributed by atoms with E-state index >= 15 is 0 Å². The number of piperidine rings is 1. The predicted octanol–water partition coefficient (Wildman–Crippen LogP) is 2.21. The number of anilines is 2. The first kappa shape index (κ1) is 14.6. The second-order valence-electron chi connectivity index (χ2n) is 5.93. The van der Waals surface area contributed by atoms with Gasteiger partial charge in [-0.05, 0) is 31.0 Å². The fraction of sp³-hybridized carbons (Fsp3) is 0.294. The average Bonchev–Trinajstić information content (AvgIpc) is 3.05. The van der Waals surface area contributed by atoms with Crippen LogP contribution in [0.1, 0.15) is 12.8 Å². The van der Waals surface area contributed by atoms with Gasteiger partial charge in [0.2, 0.25) is 17.8 Å². The van der Waals surface area contributed by atoms with Crippen molar-refractivity contribution in [3.63, 3.8) is 0 Å². The minimum atomic E-state index is -0.101. The van der Waals surface area contributed by atoms with Crippen molar-refractivity contribution < 1.29 is 4.79 Å². The number of hydrogen-bond acceptors (Lipinski definition) is 5. The minimum Gasteiger partial charge on any atom is -0.340 e. The van der Waals surface area contributed by atoms with Gasteiger partial charge in [-0.25, -0.2) is 15.0 Å². The van der Waals surface area contributed by atoms with Crippen LogP contribution in [0, 0.1) is 5.92 Å². The van der Waals surface area contributed by atoms with E-state index in [-0.39, 0.29) is 11.8 Å². The molecular formula is C17H18N6O. The first-order valence-corrected chi connectivity index (χ1v) is 8.07. The van der Waals surface area contributed by atoms with E-state index in [4.69, 9.17) is 0 Å². The Morgan fingerprint density at radius 2 is 2.04 bits per heavy atom. The lowest BCUT2D eigenvalue weighted by atomic mass is 9.97. The van der Waals surface area contributed by atoms with Crippen molar-refractivity contribution in [2.45, 2.75) is 12.8 Å². The first-order chi connectivity index (χ1) is 11.8. The number of H-pyrrole nitrogens is 1. The summed E-state index contributed by atoms with van der Waals surface area (Å²) in [6, 6.07) is 9.50. The smallest absolute Gasteiger partial charge is 0.231 e. The molecule has 0 radical (unpaired) electrons. The highest BCUT2D eigenvalue weighted by atomic mass is 16.2. The number of imidazole rings is 1. The molecular weight excluding hydrogens is 304 g/mol. The number of amides is 1. The Kier molecular flexibility index (Phi) is 3.82. The van der Waals surface area contributed by atoms with Crippen molar-refractivity contribution in [2.24, 2.45) is 5.92 Å². The summed E-state index contributed by atoms with van der Waals surface area (Å²) >= 11 is 0. The highest BCUT2D eigenvalue weighted by molar-refractivity contribution is 5.93. The highest BCUT2D eigenvalue weighted by Crippen LogP contribution is 2.21. The van der Waals surface area contributed by atoms with Gasteiger partial charge in [0.05, 0.1) is 17.0 Å². The highest BCUT2D eigenvalue weighted by Gasteiger charge is 2.27. The maximum atomic E-state index is 12.6. The predicted molar refractivity (Wildman–Crippen MR) is 91.7 cm³/mol. The molecule has 3 aromatic rings. The van der Waals surface area contributed by atoms with Crippen LogP contribution in [-0.2, 0) is 4.79 Å². The summed E-state index contributed by atoms with van der Waals surface area (Å²) in [5, 5.41) is 2.90. The molecule has 4 rings (SSSR count). The van der Waals surface area contributed by atoms with Crippen LogP contribution in [0.2, 0.25) is 0 Å². The third kappa shape index (κ3) is 2.92. The van der Waals surface area contributed by atoms with Gasteiger partial charge in [0, 0.05) is 25.5 Å². The Balaban J connectivity index is 1.45. The summed E-state index contributed by atoms with van der Waals surface area (Å²) in [5.41, 5.74) is 1.76. The molecule has 0 bridgehead atoms. The van der Waals surface area contributed by atoms with E-state index in [0.29, 0.717) is 18.4 Å². The summed E-state index contributed by atoms with van der Waals surface area (Å²) in [4.78, 5) is 30.7. The number of fused-ring (bicyclic) bond motifs is 1. The molecule has 24 heavy (non-hydrogen) atoms. The number of nitrogens with one attached hydrogen (secondary N) is 2. The second-order valence-corrected chi connectivity index (χ2v) is 5.93. The van der Waals surface area contributed by atoms with E-state index < -0.39 is 0 Å². The molecule has 7 heteroatoms. The number of benzene rings is 1. The molecule has 7 nitrogen and oxygen atoms in total. The van der Waals surface area contributed by atoms with E-state index in [2.05, 4.69) is 30.2 Å². The van der Waals surface area contributed by atoms with Crippen LogP contribution in [-0.4, -0.2) is 38.9 Å². The summed E-state index contributed by atoms with van der Waals surface area (Å²) in [6.07, 6.45) is 5.24. The van der Waals surface area contributed by atoms with Gasteiger partial charge in [-0.15, -0.1) is 0 Å². The van der Waals surface area contributed by atoms with Gasteiger partial charge in [0.15, 0.2) is 0 Å². The minimum absolute atomic E-state index is 0.0188. The van der Waals surface area contributed by atoms with Crippen molar-refractivity contribution in [1.29, 1.82) is 0 Å². The van der Waals surface area contributed by atoms with Crippen molar-refractivity contribution in [2.75, 3.05) is 23.3 Å². The number of carbonyl (C=O) groups excluding carboxylic acids is 1. The number of nitrogens with zero attached hydrogens (tertiary/aromatic N) is 4. The molecule has 1 saturated heterocycles. The van der Waals surface area contributed by atoms with Crippen LogP contribution in [0.3, 0.4) is 0 Å². The van der Waals surface area contributed by atoms with E-state index in [1.165, 1.54) is 0 Å². The molecule has 3 heterocycles. The Morgan fingerprint density at radius 3 is 2.88 bits per heavy atom. The zero-order valence-corrected chi connectivity index (χ0v) is 13.1. The van der Waals surface area contributed by atoms with Crippen molar-refractivity contribution in [3.05, 3.63) is 42.7 Å². The number of aromatic amines is 1. The molecule has 1 amide bonds. The van der Waals surface area contributed by atoms with Gasteiger partial charge in [-0.1, -0.05) is 12.1 Å². The summed E-state index contributed by atoms with van der Waals surface area (Å²) < 4.78 is 0. The van der Waals surface area contributed by atoms with E-state index in [1.54, 1.807) is 18.5 Å². The van der Waals surface area contributed by atoms with Gasteiger partial charge in [0.1, 0.15) is 0 Å². The number of aromatic nitrogens is 4. The Labute approximate surface area is 139 Å². The lowest BCUT2D eigenvalue weighted by Crippen LogP contribution is -2.41. The molecule has 1 aromatic carbocycles. The fourth-order valence-electron chi connectivity index (χ4n) is 3.06. The molecule has 122 valence electrons. The molecule has 1 fully saturated rings. The number of para-hydroxylation sites is 2. The van der Waals surface area contributed by atoms with Gasteiger partial charge in [-0.3, -0.25) is 10.1 Å². The molecule has 0 saturated carbocycles. The lowest BCUT2D eigenvalue weighted by molar-refractivity contribution is -0.120. The van der Waals surface area contributed by atoms with Gasteiger partial charge >= 0.3 is 0 Å². The van der Waals surface area contributed by atoms with Crippen LogP contribution in [0.5, 0.6) is 0 Å². The standard InChI is InChI=1S/C17H18N6O/c24-15(22-16-20-13-6-1-2-7-14(13)21-16)12-5-3-10-23(11-12)17-18-8-4-9-19-17/h1-2,4,6-9,12H,3,5,10-11H2,(H2,20,21,22,24). The summed E-state index contributed by atoms with van der Waals surface area (Å²) in [7, 11) is 0. The van der Waals surface area contributed by atoms with E-state index in [0.717, 1.165) is 30.4 Å². The number of carbonyl (C=O) groups is 1. The summed E-state index contributed by atoms with van der Waals surface area (Å²) in [5.74, 6) is 1.05. The maximum absolute atomic E-state index is 12.6. The van der Waals surface area contributed by atoms with E-state index in [1.807, 2.05) is 24.3 Å². The third-order valence-electron chi connectivity index (χ3n) is 4.26. The van der Waals surface area contributed by atoms with Crippen LogP contribution in [0.15, 0.2) is 42.7 Å². The molecule has 1 aliphatic rings. The topological polar surface area (TPSA) is 86.8 Å². The summed E-state index contributed by atoms with van der Waals surface area (Å²) in [6.45, 7) is 1.49. The molecule has 0 aliphatic carbocycles. The molecule has 1 unspecified atom stereocenters. The van der Waals surface area contributed by atoms with Crippen LogP contribution < -0.4 is 10.2 Å². The van der Waals surface area contributed by atoms with Gasteiger partial charge in [-0.2, -0.15) is 0 Å². The van der Waals surface area contributed by atoms with Gasteiger partial charge < -0.3 is 9.88 Å². The first-order valence-electron chi connectivity index (χ1n) is 8.07. The average molecular weight is 322 g/mol. The Morgan fingerprint density at radius 1 is 1.21 bits per heavy atom. The molecule has 0 spiro atoms. The normalized spacial score (nSPS) is 17.8. The zero-order valence-electron chi connectivity index (χ0n) is 13.1. The van der Waals surface area contributed by atoms with Crippen LogP contribution >= 0.6 is 0 Å². The zero-order chi connectivity index (χ0) is 16.4. The van der Waals surface area contributed by atoms with Crippen molar-refractivity contribution in [1.82, 2.24) is 19.9 Å². The van der Waals surface area contributed by atoms with E-state index in [9.17, 15) is 4.79 Å². The second kappa shape index (κ2) is 6.27. The largest absolute Gasteiger partial charge is 0.340 e. The van der Waals surface area contributed by atoms with Crippen molar-refractivity contribution >= 4 is 28.8 Å². The number of rotatable bonds is 3. The quantitative estimate of drug-likeness (QED) is 0.772. The van der Waals surface area contributed by atoms with Crippen LogP contribution in [0.25, 0.3) is 11.0 Å². The SMILES string of the molecule is O=C(Nc1nc2ccccc2[nH]1)C1CCCN(c2ncccn2)C1. The fourth-order valence-corrected chi connectivity index (χ4v) is 3.06. The monoisotopic (exact) mass is 322 g/mol. The van der Waals surface area contributed by atoms with Gasteiger partial charge in [0.25, 0.3) is 0 Å². The molecule has 2 N–H and O–H groups in total.